The van der Waals surface area contributed by atoms with E-state index in [1.807, 2.05) is 13.0 Å². The highest BCUT2D eigenvalue weighted by Gasteiger charge is 2.27. The van der Waals surface area contributed by atoms with Crippen LogP contribution in [0.1, 0.15) is 45.1 Å². The van der Waals surface area contributed by atoms with E-state index >= 15 is 0 Å². The van der Waals surface area contributed by atoms with Crippen LogP contribution < -0.4 is 5.32 Å². The molecule has 1 aliphatic carbocycles. The molecular weight excluding hydrogens is 225 g/mol. The van der Waals surface area contributed by atoms with Crippen LogP contribution >= 0.6 is 0 Å². The maximum atomic E-state index is 13.4. The monoisotopic (exact) mass is 249 g/mol. The van der Waals surface area contributed by atoms with Gasteiger partial charge in [0.1, 0.15) is 5.82 Å². The first-order valence-corrected chi connectivity index (χ1v) is 7.10. The summed E-state index contributed by atoms with van der Waals surface area (Å²) < 4.78 is 13.4. The summed E-state index contributed by atoms with van der Waals surface area (Å²) in [5.74, 6) is 1.26. The predicted molar refractivity (Wildman–Crippen MR) is 75.3 cm³/mol. The fraction of sp³-hybridized carbons (Fsp3) is 0.625. The average Bonchev–Trinajstić information content (AvgIpc) is 2.27. The van der Waals surface area contributed by atoms with E-state index in [9.17, 15) is 4.39 Å². The Morgan fingerprint density at radius 1 is 1.17 bits per heavy atom. The average molecular weight is 249 g/mol. The van der Waals surface area contributed by atoms with Gasteiger partial charge in [-0.05, 0) is 55.4 Å². The number of nitrogens with one attached hydrogen (secondary N) is 1. The van der Waals surface area contributed by atoms with Crippen molar-refractivity contribution in [1.29, 1.82) is 0 Å². The van der Waals surface area contributed by atoms with Crippen LogP contribution in [0.4, 0.5) is 10.1 Å². The molecule has 0 heterocycles. The molecule has 1 nitrogen and oxygen atoms in total. The molecule has 100 valence electrons. The minimum Gasteiger partial charge on any atom is -0.382 e. The van der Waals surface area contributed by atoms with Gasteiger partial charge in [0.05, 0.1) is 0 Å². The second-order valence-corrected chi connectivity index (χ2v) is 5.96. The molecule has 18 heavy (non-hydrogen) atoms. The van der Waals surface area contributed by atoms with Gasteiger partial charge in [-0.1, -0.05) is 26.7 Å². The molecule has 0 radical (unpaired) electrons. The van der Waals surface area contributed by atoms with Crippen LogP contribution in [0.15, 0.2) is 18.2 Å². The zero-order chi connectivity index (χ0) is 13.1. The van der Waals surface area contributed by atoms with Gasteiger partial charge in [-0.25, -0.2) is 4.39 Å². The predicted octanol–water partition coefficient (Wildman–Crippen LogP) is 4.76. The van der Waals surface area contributed by atoms with Gasteiger partial charge < -0.3 is 5.32 Å². The van der Waals surface area contributed by atoms with E-state index in [0.717, 1.165) is 11.3 Å². The second-order valence-electron chi connectivity index (χ2n) is 5.96. The van der Waals surface area contributed by atoms with Gasteiger partial charge in [0.15, 0.2) is 0 Å². The van der Waals surface area contributed by atoms with E-state index in [4.69, 9.17) is 0 Å². The molecule has 2 heteroatoms. The Morgan fingerprint density at radius 2 is 1.89 bits per heavy atom. The number of hydrogen-bond acceptors (Lipinski definition) is 1. The van der Waals surface area contributed by atoms with Crippen LogP contribution in [-0.4, -0.2) is 6.04 Å². The lowest BCUT2D eigenvalue weighted by atomic mass is 9.78. The summed E-state index contributed by atoms with van der Waals surface area (Å²) in [6.07, 6.45) is 5.13. The summed E-state index contributed by atoms with van der Waals surface area (Å²) in [4.78, 5) is 0. The van der Waals surface area contributed by atoms with Gasteiger partial charge in [-0.15, -0.1) is 0 Å². The van der Waals surface area contributed by atoms with Crippen molar-refractivity contribution >= 4 is 5.69 Å². The van der Waals surface area contributed by atoms with Crippen molar-refractivity contribution in [3.63, 3.8) is 0 Å². The Kier molecular flexibility index (Phi) is 4.26. The molecule has 1 N–H and O–H groups in total. The van der Waals surface area contributed by atoms with Crippen molar-refractivity contribution < 1.29 is 4.39 Å². The zero-order valence-electron chi connectivity index (χ0n) is 11.7. The van der Waals surface area contributed by atoms with E-state index in [1.165, 1.54) is 25.7 Å². The van der Waals surface area contributed by atoms with Crippen molar-refractivity contribution in [2.75, 3.05) is 5.32 Å². The molecule has 0 amide bonds. The zero-order valence-corrected chi connectivity index (χ0v) is 11.7. The fourth-order valence-corrected chi connectivity index (χ4v) is 3.17. The molecule has 0 aliphatic heterocycles. The molecule has 1 saturated carbocycles. The van der Waals surface area contributed by atoms with Crippen molar-refractivity contribution in [2.45, 2.75) is 52.5 Å². The van der Waals surface area contributed by atoms with Gasteiger partial charge >= 0.3 is 0 Å². The van der Waals surface area contributed by atoms with Crippen LogP contribution in [0, 0.1) is 24.6 Å². The second kappa shape index (κ2) is 5.73. The minimum atomic E-state index is -0.144. The highest BCUT2D eigenvalue weighted by molar-refractivity contribution is 5.47. The van der Waals surface area contributed by atoms with Crippen LogP contribution in [0.25, 0.3) is 0 Å². The maximum absolute atomic E-state index is 13.4. The van der Waals surface area contributed by atoms with Crippen LogP contribution in [-0.2, 0) is 0 Å². The molecule has 1 aliphatic rings. The Hall–Kier alpha value is -1.05. The first-order valence-electron chi connectivity index (χ1n) is 7.10. The quantitative estimate of drug-likeness (QED) is 0.814. The number of aryl methyl sites for hydroxylation is 1. The lowest BCUT2D eigenvalue weighted by Gasteiger charge is -2.35. The van der Waals surface area contributed by atoms with E-state index in [1.54, 1.807) is 12.1 Å². The minimum absolute atomic E-state index is 0.144. The molecule has 2 atom stereocenters. The molecule has 0 saturated heterocycles. The van der Waals surface area contributed by atoms with E-state index < -0.39 is 0 Å². The Labute approximate surface area is 110 Å². The van der Waals surface area contributed by atoms with Gasteiger partial charge in [0.25, 0.3) is 0 Å². The third kappa shape index (κ3) is 3.24. The smallest absolute Gasteiger partial charge is 0.125 e. The maximum Gasteiger partial charge on any atom is 0.125 e. The number of rotatable bonds is 3. The van der Waals surface area contributed by atoms with Crippen LogP contribution in [0.5, 0.6) is 0 Å². The van der Waals surface area contributed by atoms with E-state index in [0.29, 0.717) is 17.9 Å². The molecule has 0 bridgehead atoms. The van der Waals surface area contributed by atoms with Gasteiger partial charge in [0, 0.05) is 11.7 Å². The van der Waals surface area contributed by atoms with Crippen LogP contribution in [0.2, 0.25) is 0 Å². The standard InChI is InChI=1S/C16H24FN/c1-11(2)15-6-4-5-7-16(15)18-14-9-12(3)8-13(17)10-14/h8-11,15-16,18H,4-7H2,1-3H3. The van der Waals surface area contributed by atoms with Crippen molar-refractivity contribution in [3.8, 4) is 0 Å². The van der Waals surface area contributed by atoms with Crippen molar-refractivity contribution in [1.82, 2.24) is 0 Å². The SMILES string of the molecule is Cc1cc(F)cc(NC2CCCCC2C(C)C)c1. The van der Waals surface area contributed by atoms with Crippen molar-refractivity contribution in [3.05, 3.63) is 29.6 Å². The summed E-state index contributed by atoms with van der Waals surface area (Å²) in [6, 6.07) is 5.72. The number of benzene rings is 1. The Balaban J connectivity index is 2.10. The summed E-state index contributed by atoms with van der Waals surface area (Å²) in [5, 5.41) is 3.55. The van der Waals surface area contributed by atoms with Gasteiger partial charge in [-0.2, -0.15) is 0 Å². The lowest BCUT2D eigenvalue weighted by Crippen LogP contribution is -2.35. The summed E-state index contributed by atoms with van der Waals surface area (Å²) in [6.45, 7) is 6.53. The lowest BCUT2D eigenvalue weighted by molar-refractivity contribution is 0.254. The molecule has 0 aromatic heterocycles. The number of halogens is 1. The number of anilines is 1. The molecule has 2 rings (SSSR count). The summed E-state index contributed by atoms with van der Waals surface area (Å²) in [5.41, 5.74) is 1.92. The van der Waals surface area contributed by atoms with Gasteiger partial charge in [-0.3, -0.25) is 0 Å². The first-order chi connectivity index (χ1) is 8.56. The van der Waals surface area contributed by atoms with Crippen LogP contribution in [0.3, 0.4) is 0 Å². The molecule has 2 unspecified atom stereocenters. The molecule has 1 fully saturated rings. The normalized spacial score (nSPS) is 24.3. The third-order valence-electron chi connectivity index (χ3n) is 4.07. The van der Waals surface area contributed by atoms with E-state index in [2.05, 4.69) is 19.2 Å². The summed E-state index contributed by atoms with van der Waals surface area (Å²) in [7, 11) is 0. The molecular formula is C16H24FN. The molecule has 1 aromatic carbocycles. The fourth-order valence-electron chi connectivity index (χ4n) is 3.17. The molecule has 0 spiro atoms. The topological polar surface area (TPSA) is 12.0 Å². The highest BCUT2D eigenvalue weighted by atomic mass is 19.1. The highest BCUT2D eigenvalue weighted by Crippen LogP contribution is 2.32. The summed E-state index contributed by atoms with van der Waals surface area (Å²) >= 11 is 0. The van der Waals surface area contributed by atoms with E-state index in [-0.39, 0.29) is 5.82 Å². The Morgan fingerprint density at radius 3 is 2.56 bits per heavy atom. The number of hydrogen-bond donors (Lipinski definition) is 1. The Bertz CT molecular complexity index is 380. The third-order valence-corrected chi connectivity index (χ3v) is 4.07. The van der Waals surface area contributed by atoms with Gasteiger partial charge in [0.2, 0.25) is 0 Å². The largest absolute Gasteiger partial charge is 0.382 e. The first kappa shape index (κ1) is 13.4. The van der Waals surface area contributed by atoms with Crippen molar-refractivity contribution in [2.24, 2.45) is 11.8 Å². The molecule has 1 aromatic rings.